The molecule has 2 fully saturated rings. The van der Waals surface area contributed by atoms with Crippen LogP contribution < -0.4 is 5.32 Å². The minimum absolute atomic E-state index is 0.564. The Hall–Kier alpha value is -1.16. The van der Waals surface area contributed by atoms with Crippen LogP contribution in [0.4, 0.5) is 5.82 Å². The van der Waals surface area contributed by atoms with E-state index in [0.29, 0.717) is 6.04 Å². The molecule has 2 aliphatic rings. The van der Waals surface area contributed by atoms with Crippen LogP contribution in [0.3, 0.4) is 0 Å². The molecule has 1 saturated heterocycles. The maximum Gasteiger partial charge on any atom is 0.144 e. The first-order chi connectivity index (χ1) is 9.90. The number of hydrogen-bond acceptors (Lipinski definition) is 4. The largest absolute Gasteiger partial charge is 0.366 e. The van der Waals surface area contributed by atoms with Gasteiger partial charge in [-0.3, -0.25) is 4.98 Å². The third-order valence-corrected chi connectivity index (χ3v) is 4.74. The molecule has 3 rings (SSSR count). The van der Waals surface area contributed by atoms with Gasteiger partial charge in [0.15, 0.2) is 0 Å². The lowest BCUT2D eigenvalue weighted by atomic mass is 9.88. The molecule has 0 bridgehead atoms. The second kappa shape index (κ2) is 7.02. The van der Waals surface area contributed by atoms with Crippen molar-refractivity contribution in [2.75, 3.05) is 25.0 Å². The molecule has 20 heavy (non-hydrogen) atoms. The van der Waals surface area contributed by atoms with Gasteiger partial charge in [-0.25, -0.2) is 4.98 Å². The van der Waals surface area contributed by atoms with Crippen LogP contribution in [0.2, 0.25) is 0 Å². The molecule has 0 spiro atoms. The first-order valence-corrected chi connectivity index (χ1v) is 8.15. The number of likely N-dealkylation sites (tertiary alicyclic amines) is 1. The average Bonchev–Trinajstić information content (AvgIpc) is 2.51. The first-order valence-electron chi connectivity index (χ1n) is 8.15. The predicted molar refractivity (Wildman–Crippen MR) is 81.7 cm³/mol. The summed E-state index contributed by atoms with van der Waals surface area (Å²) < 4.78 is 0. The van der Waals surface area contributed by atoms with Gasteiger partial charge < -0.3 is 10.2 Å². The summed E-state index contributed by atoms with van der Waals surface area (Å²) in [5, 5.41) is 3.50. The van der Waals surface area contributed by atoms with E-state index in [9.17, 15) is 0 Å². The summed E-state index contributed by atoms with van der Waals surface area (Å²) in [7, 11) is 0. The van der Waals surface area contributed by atoms with Crippen LogP contribution >= 0.6 is 0 Å². The Labute approximate surface area is 122 Å². The molecule has 0 atom stereocenters. The molecule has 0 radical (unpaired) electrons. The van der Waals surface area contributed by atoms with Crippen LogP contribution in [0.5, 0.6) is 0 Å². The molecule has 1 N–H and O–H groups in total. The lowest BCUT2D eigenvalue weighted by Crippen LogP contribution is -2.41. The molecule has 1 aliphatic heterocycles. The standard InChI is InChI=1S/C16H26N4/c1-2-4-14(5-3-1)13-20-10-6-15(7-11-20)19-16-12-17-8-9-18-16/h8-9,12,14-15H,1-7,10-11,13H2,(H,18,19). The van der Waals surface area contributed by atoms with Gasteiger partial charge >= 0.3 is 0 Å². The Bertz CT molecular complexity index is 381. The molecular weight excluding hydrogens is 248 g/mol. The van der Waals surface area contributed by atoms with Gasteiger partial charge in [-0.2, -0.15) is 0 Å². The molecule has 110 valence electrons. The zero-order valence-corrected chi connectivity index (χ0v) is 12.3. The van der Waals surface area contributed by atoms with E-state index in [1.54, 1.807) is 12.4 Å². The van der Waals surface area contributed by atoms with E-state index in [4.69, 9.17) is 0 Å². The monoisotopic (exact) mass is 274 g/mol. The lowest BCUT2D eigenvalue weighted by Gasteiger charge is -2.35. The Morgan fingerprint density at radius 3 is 2.55 bits per heavy atom. The summed E-state index contributed by atoms with van der Waals surface area (Å²) in [5.41, 5.74) is 0. The molecule has 1 saturated carbocycles. The van der Waals surface area contributed by atoms with Crippen LogP contribution in [0, 0.1) is 5.92 Å². The number of nitrogens with one attached hydrogen (secondary N) is 1. The molecule has 1 aromatic heterocycles. The summed E-state index contributed by atoms with van der Waals surface area (Å²) in [6.45, 7) is 3.79. The molecule has 1 aliphatic carbocycles. The van der Waals surface area contributed by atoms with Gasteiger partial charge in [0.25, 0.3) is 0 Å². The van der Waals surface area contributed by atoms with Crippen molar-refractivity contribution in [1.82, 2.24) is 14.9 Å². The smallest absolute Gasteiger partial charge is 0.144 e. The van der Waals surface area contributed by atoms with E-state index < -0.39 is 0 Å². The van der Waals surface area contributed by atoms with Crippen molar-refractivity contribution in [2.24, 2.45) is 5.92 Å². The fourth-order valence-corrected chi connectivity index (χ4v) is 3.58. The zero-order valence-electron chi connectivity index (χ0n) is 12.3. The maximum absolute atomic E-state index is 4.30. The third kappa shape index (κ3) is 3.92. The predicted octanol–water partition coefficient (Wildman–Crippen LogP) is 2.93. The van der Waals surface area contributed by atoms with Crippen molar-refractivity contribution in [2.45, 2.75) is 51.0 Å². The average molecular weight is 274 g/mol. The van der Waals surface area contributed by atoms with E-state index >= 15 is 0 Å². The highest BCUT2D eigenvalue weighted by molar-refractivity contribution is 5.31. The van der Waals surface area contributed by atoms with E-state index in [0.717, 1.165) is 11.7 Å². The molecule has 0 aromatic carbocycles. The molecule has 4 nitrogen and oxygen atoms in total. The topological polar surface area (TPSA) is 41.1 Å². The number of hydrogen-bond donors (Lipinski definition) is 1. The van der Waals surface area contributed by atoms with Gasteiger partial charge in [-0.05, 0) is 31.6 Å². The van der Waals surface area contributed by atoms with Gasteiger partial charge in [0.2, 0.25) is 0 Å². The quantitative estimate of drug-likeness (QED) is 0.916. The second-order valence-corrected chi connectivity index (χ2v) is 6.31. The van der Waals surface area contributed by atoms with Crippen LogP contribution in [0.15, 0.2) is 18.6 Å². The Balaban J connectivity index is 1.40. The van der Waals surface area contributed by atoms with Crippen LogP contribution in [0.1, 0.15) is 44.9 Å². The lowest BCUT2D eigenvalue weighted by molar-refractivity contribution is 0.168. The Morgan fingerprint density at radius 1 is 1.05 bits per heavy atom. The van der Waals surface area contributed by atoms with Crippen molar-refractivity contribution in [1.29, 1.82) is 0 Å². The van der Waals surface area contributed by atoms with Crippen LogP contribution in [-0.2, 0) is 0 Å². The second-order valence-electron chi connectivity index (χ2n) is 6.31. The van der Waals surface area contributed by atoms with Crippen molar-refractivity contribution < 1.29 is 0 Å². The molecule has 0 amide bonds. The molecule has 1 aromatic rings. The fourth-order valence-electron chi connectivity index (χ4n) is 3.58. The molecule has 0 unspecified atom stereocenters. The van der Waals surface area contributed by atoms with Gasteiger partial charge in [-0.1, -0.05) is 19.3 Å². The SMILES string of the molecule is c1cnc(NC2CCN(CC3CCCCC3)CC2)cn1. The highest BCUT2D eigenvalue weighted by atomic mass is 15.1. The highest BCUT2D eigenvalue weighted by Crippen LogP contribution is 2.25. The zero-order chi connectivity index (χ0) is 13.6. The van der Waals surface area contributed by atoms with Crippen molar-refractivity contribution >= 4 is 5.82 Å². The minimum atomic E-state index is 0.564. The summed E-state index contributed by atoms with van der Waals surface area (Å²) in [5.74, 6) is 1.88. The summed E-state index contributed by atoms with van der Waals surface area (Å²) in [6, 6.07) is 0.564. The summed E-state index contributed by atoms with van der Waals surface area (Å²) in [4.78, 5) is 11.1. The van der Waals surface area contributed by atoms with Gasteiger partial charge in [-0.15, -0.1) is 0 Å². The van der Waals surface area contributed by atoms with E-state index in [1.807, 2.05) is 6.20 Å². The number of anilines is 1. The highest BCUT2D eigenvalue weighted by Gasteiger charge is 2.22. The molecule has 2 heterocycles. The van der Waals surface area contributed by atoms with Crippen LogP contribution in [0.25, 0.3) is 0 Å². The van der Waals surface area contributed by atoms with E-state index in [-0.39, 0.29) is 0 Å². The number of piperidine rings is 1. The van der Waals surface area contributed by atoms with Gasteiger partial charge in [0, 0.05) is 38.1 Å². The van der Waals surface area contributed by atoms with Crippen molar-refractivity contribution in [3.63, 3.8) is 0 Å². The number of aromatic nitrogens is 2. The van der Waals surface area contributed by atoms with Crippen molar-refractivity contribution in [3.8, 4) is 0 Å². The summed E-state index contributed by atoms with van der Waals surface area (Å²) in [6.07, 6.45) is 15.0. The van der Waals surface area contributed by atoms with Crippen molar-refractivity contribution in [3.05, 3.63) is 18.6 Å². The molecular formula is C16H26N4. The number of nitrogens with zero attached hydrogens (tertiary/aromatic N) is 3. The molecule has 4 heteroatoms. The van der Waals surface area contributed by atoms with E-state index in [1.165, 1.54) is 64.6 Å². The Kier molecular flexibility index (Phi) is 4.85. The fraction of sp³-hybridized carbons (Fsp3) is 0.750. The number of rotatable bonds is 4. The maximum atomic E-state index is 4.30. The third-order valence-electron chi connectivity index (χ3n) is 4.74. The minimum Gasteiger partial charge on any atom is -0.366 e. The Morgan fingerprint density at radius 2 is 1.85 bits per heavy atom. The van der Waals surface area contributed by atoms with E-state index in [2.05, 4.69) is 20.2 Å². The van der Waals surface area contributed by atoms with Gasteiger partial charge in [0.1, 0.15) is 5.82 Å². The normalized spacial score (nSPS) is 22.8. The first kappa shape index (κ1) is 13.8. The van der Waals surface area contributed by atoms with Crippen LogP contribution in [-0.4, -0.2) is 40.5 Å². The van der Waals surface area contributed by atoms with Gasteiger partial charge in [0.05, 0.1) is 6.20 Å². The summed E-state index contributed by atoms with van der Waals surface area (Å²) >= 11 is 0.